The largest absolute Gasteiger partial charge is 0.444 e. The molecule has 1 saturated heterocycles. The highest BCUT2D eigenvalue weighted by Crippen LogP contribution is 2.37. The van der Waals surface area contributed by atoms with Crippen molar-refractivity contribution in [1.82, 2.24) is 29.3 Å². The maximum absolute atomic E-state index is 13.9. The van der Waals surface area contributed by atoms with E-state index < -0.39 is 11.7 Å². The highest BCUT2D eigenvalue weighted by molar-refractivity contribution is 6.28. The van der Waals surface area contributed by atoms with Crippen LogP contribution in [0.2, 0.25) is 5.28 Å². The number of ether oxygens (including phenoxy) is 1. The summed E-state index contributed by atoms with van der Waals surface area (Å²) in [4.78, 5) is 32.4. The number of amides is 1. The summed E-state index contributed by atoms with van der Waals surface area (Å²) in [6.07, 6.45) is 2.12. The predicted molar refractivity (Wildman–Crippen MR) is 171 cm³/mol. The molecule has 5 rings (SSSR count). The fourth-order valence-corrected chi connectivity index (χ4v) is 6.02. The number of hydrogen-bond donors (Lipinski definition) is 0. The number of likely N-dealkylation sites (N-methyl/N-ethyl adjacent to an activating group) is 1. The summed E-state index contributed by atoms with van der Waals surface area (Å²) in [5, 5.41) is 0.109. The van der Waals surface area contributed by atoms with Crippen molar-refractivity contribution in [1.29, 1.82) is 0 Å². The van der Waals surface area contributed by atoms with Crippen LogP contribution in [0.3, 0.4) is 0 Å². The Morgan fingerprint density at radius 1 is 1.04 bits per heavy atom. The van der Waals surface area contributed by atoms with Crippen LogP contribution in [0.5, 0.6) is 0 Å². The molecule has 0 saturated carbocycles. The number of piperazine rings is 1. The average Bonchev–Trinajstić information content (AvgIpc) is 3.39. The van der Waals surface area contributed by atoms with E-state index in [1.54, 1.807) is 37.6 Å². The minimum Gasteiger partial charge on any atom is -0.444 e. The third kappa shape index (κ3) is 7.36. The standard InChI is InChI=1S/C33H40ClF2N7O2/c1-7-26-19-42(21(2)18-43(26)28(22-8-12-24(35)13-9-22)23-10-14-25(36)15-11-23)30-27-29(38-31(34)39-30)41(20-37-27)17-16-40(6)32(44)45-33(3,4)5/h8-15,20-21,26,28H,7,16-19H2,1-6H3/t21-,26+/m0/s1. The molecule has 0 bridgehead atoms. The number of rotatable bonds is 8. The third-order valence-corrected chi connectivity index (χ3v) is 8.30. The smallest absolute Gasteiger partial charge is 0.410 e. The zero-order chi connectivity index (χ0) is 32.5. The predicted octanol–water partition coefficient (Wildman–Crippen LogP) is 6.70. The van der Waals surface area contributed by atoms with Crippen molar-refractivity contribution in [2.24, 2.45) is 0 Å². The van der Waals surface area contributed by atoms with Gasteiger partial charge in [-0.15, -0.1) is 0 Å². The fraction of sp³-hybridized carbons (Fsp3) is 0.455. The van der Waals surface area contributed by atoms with Crippen LogP contribution in [-0.4, -0.2) is 79.8 Å². The first-order valence-corrected chi connectivity index (χ1v) is 15.6. The summed E-state index contributed by atoms with van der Waals surface area (Å²) < 4.78 is 35.2. The monoisotopic (exact) mass is 639 g/mol. The second-order valence-electron chi connectivity index (χ2n) is 12.6. The van der Waals surface area contributed by atoms with Crippen LogP contribution in [0, 0.1) is 11.6 Å². The van der Waals surface area contributed by atoms with Gasteiger partial charge in [-0.3, -0.25) is 4.90 Å². The molecule has 0 radical (unpaired) electrons. The second-order valence-corrected chi connectivity index (χ2v) is 12.9. The van der Waals surface area contributed by atoms with Gasteiger partial charge in [0.05, 0.1) is 12.4 Å². The average molecular weight is 640 g/mol. The number of nitrogens with zero attached hydrogens (tertiary/aromatic N) is 7. The Kier molecular flexibility index (Phi) is 9.60. The highest BCUT2D eigenvalue weighted by Gasteiger charge is 2.38. The first-order valence-electron chi connectivity index (χ1n) is 15.2. The summed E-state index contributed by atoms with van der Waals surface area (Å²) in [6, 6.07) is 12.9. The SMILES string of the molecule is CC[C@@H]1CN(c2nc(Cl)nc3c2ncn3CCN(C)C(=O)OC(C)(C)C)[C@@H](C)CN1C(c1ccc(F)cc1)c1ccc(F)cc1. The van der Waals surface area contributed by atoms with Gasteiger partial charge in [-0.05, 0) is 81.1 Å². The number of benzene rings is 2. The van der Waals surface area contributed by atoms with Crippen LogP contribution in [0.4, 0.5) is 19.4 Å². The molecule has 2 atom stereocenters. The molecule has 2 aromatic carbocycles. The van der Waals surface area contributed by atoms with Gasteiger partial charge in [0, 0.05) is 45.3 Å². The van der Waals surface area contributed by atoms with Gasteiger partial charge in [-0.1, -0.05) is 31.2 Å². The molecule has 0 unspecified atom stereocenters. The quantitative estimate of drug-likeness (QED) is 0.198. The lowest BCUT2D eigenvalue weighted by molar-refractivity contribution is 0.0294. The lowest BCUT2D eigenvalue weighted by Crippen LogP contribution is -2.58. The fourth-order valence-electron chi connectivity index (χ4n) is 5.86. The normalized spacial score (nSPS) is 17.7. The Morgan fingerprint density at radius 3 is 2.20 bits per heavy atom. The number of aromatic nitrogens is 4. The third-order valence-electron chi connectivity index (χ3n) is 8.13. The van der Waals surface area contributed by atoms with Gasteiger partial charge in [-0.2, -0.15) is 9.97 Å². The van der Waals surface area contributed by atoms with Crippen molar-refractivity contribution < 1.29 is 18.3 Å². The molecule has 4 aromatic rings. The van der Waals surface area contributed by atoms with Crippen LogP contribution >= 0.6 is 11.6 Å². The first kappa shape index (κ1) is 32.6. The Hall–Kier alpha value is -3.83. The molecule has 0 spiro atoms. The Balaban J connectivity index is 1.42. The Labute approximate surface area is 267 Å². The molecular weight excluding hydrogens is 600 g/mol. The van der Waals surface area contributed by atoms with Crippen LogP contribution in [0.25, 0.3) is 11.2 Å². The van der Waals surface area contributed by atoms with Crippen molar-refractivity contribution in [3.63, 3.8) is 0 Å². The van der Waals surface area contributed by atoms with E-state index in [1.807, 2.05) is 25.3 Å². The zero-order valence-corrected chi connectivity index (χ0v) is 27.3. The van der Waals surface area contributed by atoms with Gasteiger partial charge in [0.15, 0.2) is 17.0 Å². The van der Waals surface area contributed by atoms with E-state index in [2.05, 4.69) is 38.6 Å². The topological polar surface area (TPSA) is 79.6 Å². The number of hydrogen-bond acceptors (Lipinski definition) is 7. The van der Waals surface area contributed by atoms with E-state index in [4.69, 9.17) is 16.3 Å². The zero-order valence-electron chi connectivity index (χ0n) is 26.5. The maximum atomic E-state index is 13.9. The van der Waals surface area contributed by atoms with Gasteiger partial charge < -0.3 is 19.1 Å². The van der Waals surface area contributed by atoms with Crippen molar-refractivity contribution in [3.05, 3.63) is 82.9 Å². The summed E-state index contributed by atoms with van der Waals surface area (Å²) in [5.41, 5.74) is 2.50. The molecule has 1 fully saturated rings. The number of anilines is 1. The second kappa shape index (κ2) is 13.3. The van der Waals surface area contributed by atoms with Gasteiger partial charge in [-0.25, -0.2) is 18.6 Å². The van der Waals surface area contributed by atoms with Gasteiger partial charge in [0.25, 0.3) is 0 Å². The summed E-state index contributed by atoms with van der Waals surface area (Å²) in [7, 11) is 1.69. The lowest BCUT2D eigenvalue weighted by atomic mass is 9.92. The van der Waals surface area contributed by atoms with Crippen LogP contribution < -0.4 is 4.90 Å². The number of carbonyl (C=O) groups is 1. The molecule has 2 aromatic heterocycles. The van der Waals surface area contributed by atoms with E-state index in [1.165, 1.54) is 29.2 Å². The minimum absolute atomic E-state index is 0.00573. The number of carbonyl (C=O) groups excluding carboxylic acids is 1. The molecule has 1 aliphatic heterocycles. The van der Waals surface area contributed by atoms with Crippen molar-refractivity contribution in [2.45, 2.75) is 71.3 Å². The molecule has 9 nitrogen and oxygen atoms in total. The minimum atomic E-state index is -0.586. The summed E-state index contributed by atoms with van der Waals surface area (Å²) >= 11 is 6.49. The number of imidazole rings is 1. The van der Waals surface area contributed by atoms with E-state index >= 15 is 0 Å². The Bertz CT molecular complexity index is 1580. The molecule has 12 heteroatoms. The van der Waals surface area contributed by atoms with Gasteiger partial charge in [0.1, 0.15) is 17.2 Å². The highest BCUT2D eigenvalue weighted by atomic mass is 35.5. The van der Waals surface area contributed by atoms with Crippen LogP contribution in [0.15, 0.2) is 54.9 Å². The Morgan fingerprint density at radius 2 is 1.64 bits per heavy atom. The molecule has 3 heterocycles. The lowest BCUT2D eigenvalue weighted by Gasteiger charge is -2.49. The maximum Gasteiger partial charge on any atom is 0.410 e. The number of halogens is 3. The van der Waals surface area contributed by atoms with Crippen molar-refractivity contribution in [2.75, 3.05) is 31.6 Å². The van der Waals surface area contributed by atoms with Gasteiger partial charge >= 0.3 is 6.09 Å². The van der Waals surface area contributed by atoms with E-state index in [-0.39, 0.29) is 35.0 Å². The molecular formula is C33H40ClF2N7O2. The molecule has 240 valence electrons. The molecule has 0 aliphatic carbocycles. The summed E-state index contributed by atoms with van der Waals surface area (Å²) in [5.74, 6) is 0.0415. The van der Waals surface area contributed by atoms with E-state index in [0.717, 1.165) is 17.5 Å². The molecule has 1 aliphatic rings. The number of fused-ring (bicyclic) bond motifs is 1. The van der Waals surface area contributed by atoms with Gasteiger partial charge in [0.2, 0.25) is 5.28 Å². The molecule has 1 amide bonds. The van der Waals surface area contributed by atoms with Crippen molar-refractivity contribution in [3.8, 4) is 0 Å². The first-order chi connectivity index (χ1) is 21.3. The van der Waals surface area contributed by atoms with Crippen molar-refractivity contribution >= 4 is 34.7 Å². The molecule has 0 N–H and O–H groups in total. The van der Waals surface area contributed by atoms with Crippen LogP contribution in [0.1, 0.15) is 58.2 Å². The van der Waals surface area contributed by atoms with Crippen LogP contribution in [-0.2, 0) is 11.3 Å². The summed E-state index contributed by atoms with van der Waals surface area (Å²) in [6.45, 7) is 11.9. The van der Waals surface area contributed by atoms with E-state index in [9.17, 15) is 13.6 Å². The van der Waals surface area contributed by atoms with E-state index in [0.29, 0.717) is 43.2 Å². The molecule has 45 heavy (non-hydrogen) atoms.